The largest absolute Gasteiger partial charge is 0.497 e. The first-order chi connectivity index (χ1) is 15.1. The molecule has 2 amide bonds. The van der Waals surface area contributed by atoms with Crippen LogP contribution in [0.1, 0.15) is 20.7 Å². The van der Waals surface area contributed by atoms with E-state index in [0.29, 0.717) is 33.4 Å². The van der Waals surface area contributed by atoms with Gasteiger partial charge in [0.1, 0.15) is 11.5 Å². The van der Waals surface area contributed by atoms with Crippen LogP contribution in [0.4, 0.5) is 10.8 Å². The highest BCUT2D eigenvalue weighted by molar-refractivity contribution is 7.22. The second-order valence-corrected chi connectivity index (χ2v) is 7.60. The molecule has 156 valence electrons. The van der Waals surface area contributed by atoms with Crippen LogP contribution in [0.25, 0.3) is 10.2 Å². The molecule has 3 aromatic carbocycles. The number of benzene rings is 3. The first-order valence-corrected chi connectivity index (χ1v) is 10.2. The van der Waals surface area contributed by atoms with E-state index in [-0.39, 0.29) is 11.8 Å². The minimum absolute atomic E-state index is 0.241. The van der Waals surface area contributed by atoms with E-state index in [9.17, 15) is 9.59 Å². The third kappa shape index (κ3) is 4.65. The Labute approximate surface area is 182 Å². The summed E-state index contributed by atoms with van der Waals surface area (Å²) in [6.07, 6.45) is 0. The summed E-state index contributed by atoms with van der Waals surface area (Å²) in [6.45, 7) is 0. The van der Waals surface area contributed by atoms with Gasteiger partial charge in [0.05, 0.1) is 24.4 Å². The third-order valence-corrected chi connectivity index (χ3v) is 5.46. The molecule has 0 saturated heterocycles. The molecule has 2 N–H and O–H groups in total. The van der Waals surface area contributed by atoms with Gasteiger partial charge in [0.2, 0.25) is 0 Å². The molecule has 0 saturated carbocycles. The molecule has 0 aliphatic rings. The minimum atomic E-state index is -0.274. The number of nitrogens with zero attached hydrogens (tertiary/aromatic N) is 1. The standard InChI is InChI=1S/C23H19N3O4S/c1-29-17-7-3-5-14(11-17)21(27)24-16-9-10-19-20(13-16)31-23(25-19)26-22(28)15-6-4-8-18(12-15)30-2/h3-13H,1-2H3,(H,24,27)(H,25,26,28). The van der Waals surface area contributed by atoms with Gasteiger partial charge in [0.25, 0.3) is 11.8 Å². The Morgan fingerprint density at radius 2 is 1.42 bits per heavy atom. The summed E-state index contributed by atoms with van der Waals surface area (Å²) in [5.41, 5.74) is 2.33. The summed E-state index contributed by atoms with van der Waals surface area (Å²) in [4.78, 5) is 29.5. The molecule has 0 bridgehead atoms. The molecule has 0 spiro atoms. The Kier molecular flexibility index (Phi) is 5.81. The lowest BCUT2D eigenvalue weighted by Gasteiger charge is -2.06. The van der Waals surface area contributed by atoms with Gasteiger partial charge in [-0.3, -0.25) is 14.9 Å². The molecule has 0 aliphatic carbocycles. The lowest BCUT2D eigenvalue weighted by Crippen LogP contribution is -2.11. The van der Waals surface area contributed by atoms with Gasteiger partial charge in [0, 0.05) is 16.8 Å². The topological polar surface area (TPSA) is 89.5 Å². The van der Waals surface area contributed by atoms with Gasteiger partial charge in [-0.25, -0.2) is 4.98 Å². The highest BCUT2D eigenvalue weighted by atomic mass is 32.1. The molecule has 31 heavy (non-hydrogen) atoms. The Balaban J connectivity index is 1.50. The zero-order chi connectivity index (χ0) is 21.8. The molecule has 4 aromatic rings. The summed E-state index contributed by atoms with van der Waals surface area (Å²) < 4.78 is 11.2. The van der Waals surface area contributed by atoms with E-state index < -0.39 is 0 Å². The Hall–Kier alpha value is -3.91. The van der Waals surface area contributed by atoms with Crippen molar-refractivity contribution in [2.45, 2.75) is 0 Å². The van der Waals surface area contributed by atoms with E-state index in [0.717, 1.165) is 10.2 Å². The van der Waals surface area contributed by atoms with Crippen LogP contribution in [0.15, 0.2) is 66.7 Å². The molecule has 4 rings (SSSR count). The molecule has 0 radical (unpaired) electrons. The van der Waals surface area contributed by atoms with E-state index in [1.807, 2.05) is 6.07 Å². The lowest BCUT2D eigenvalue weighted by atomic mass is 10.2. The zero-order valence-electron chi connectivity index (χ0n) is 16.8. The number of fused-ring (bicyclic) bond motifs is 1. The summed E-state index contributed by atoms with van der Waals surface area (Å²) >= 11 is 1.33. The van der Waals surface area contributed by atoms with Crippen LogP contribution in [0.3, 0.4) is 0 Å². The van der Waals surface area contributed by atoms with Crippen LogP contribution in [-0.4, -0.2) is 31.0 Å². The number of nitrogens with one attached hydrogen (secondary N) is 2. The highest BCUT2D eigenvalue weighted by Crippen LogP contribution is 2.29. The SMILES string of the molecule is COc1cccc(C(=O)Nc2ccc3nc(NC(=O)c4cccc(OC)c4)sc3c2)c1. The van der Waals surface area contributed by atoms with Crippen molar-refractivity contribution in [1.82, 2.24) is 4.98 Å². The van der Waals surface area contributed by atoms with E-state index >= 15 is 0 Å². The average Bonchev–Trinajstić information content (AvgIpc) is 3.20. The number of anilines is 2. The Morgan fingerprint density at radius 1 is 0.806 bits per heavy atom. The van der Waals surface area contributed by atoms with Crippen molar-refractivity contribution >= 4 is 44.2 Å². The van der Waals surface area contributed by atoms with E-state index in [1.54, 1.807) is 74.9 Å². The van der Waals surface area contributed by atoms with Crippen molar-refractivity contribution in [3.8, 4) is 11.5 Å². The number of ether oxygens (including phenoxy) is 2. The molecular weight excluding hydrogens is 414 g/mol. The predicted octanol–water partition coefficient (Wildman–Crippen LogP) is 4.82. The maximum absolute atomic E-state index is 12.5. The van der Waals surface area contributed by atoms with Crippen molar-refractivity contribution in [2.75, 3.05) is 24.9 Å². The van der Waals surface area contributed by atoms with Gasteiger partial charge in [-0.15, -0.1) is 0 Å². The summed E-state index contributed by atoms with van der Waals surface area (Å²) in [5.74, 6) is 0.703. The molecule has 7 nitrogen and oxygen atoms in total. The van der Waals surface area contributed by atoms with Crippen LogP contribution >= 0.6 is 11.3 Å². The van der Waals surface area contributed by atoms with Gasteiger partial charge in [0.15, 0.2) is 5.13 Å². The van der Waals surface area contributed by atoms with Gasteiger partial charge in [-0.2, -0.15) is 0 Å². The van der Waals surface area contributed by atoms with Crippen molar-refractivity contribution in [2.24, 2.45) is 0 Å². The Bertz CT molecular complexity index is 1210. The van der Waals surface area contributed by atoms with Crippen molar-refractivity contribution in [3.63, 3.8) is 0 Å². The molecule has 8 heteroatoms. The monoisotopic (exact) mass is 433 g/mol. The highest BCUT2D eigenvalue weighted by Gasteiger charge is 2.12. The van der Waals surface area contributed by atoms with E-state index in [4.69, 9.17) is 9.47 Å². The number of carbonyl (C=O) groups is 2. The predicted molar refractivity (Wildman–Crippen MR) is 122 cm³/mol. The van der Waals surface area contributed by atoms with Gasteiger partial charge < -0.3 is 14.8 Å². The normalized spacial score (nSPS) is 10.5. The minimum Gasteiger partial charge on any atom is -0.497 e. The fourth-order valence-corrected chi connectivity index (χ4v) is 3.86. The number of carbonyl (C=O) groups excluding carboxylic acids is 2. The fourth-order valence-electron chi connectivity index (χ4n) is 2.96. The lowest BCUT2D eigenvalue weighted by molar-refractivity contribution is 0.101. The first kappa shape index (κ1) is 20.4. The molecule has 0 fully saturated rings. The van der Waals surface area contributed by atoms with Crippen LogP contribution in [-0.2, 0) is 0 Å². The van der Waals surface area contributed by atoms with Crippen molar-refractivity contribution in [3.05, 3.63) is 77.9 Å². The number of thiazole rings is 1. The van der Waals surface area contributed by atoms with Crippen LogP contribution in [0, 0.1) is 0 Å². The molecule has 0 atom stereocenters. The van der Waals surface area contributed by atoms with Crippen molar-refractivity contribution in [1.29, 1.82) is 0 Å². The van der Waals surface area contributed by atoms with E-state index in [1.165, 1.54) is 11.3 Å². The number of rotatable bonds is 6. The number of methoxy groups -OCH3 is 2. The fraction of sp³-hybridized carbons (Fsp3) is 0.0870. The second-order valence-electron chi connectivity index (χ2n) is 6.57. The van der Waals surface area contributed by atoms with E-state index in [2.05, 4.69) is 15.6 Å². The number of hydrogen-bond donors (Lipinski definition) is 2. The van der Waals surface area contributed by atoms with Crippen molar-refractivity contribution < 1.29 is 19.1 Å². The van der Waals surface area contributed by atoms with Crippen LogP contribution in [0.5, 0.6) is 11.5 Å². The third-order valence-electron chi connectivity index (χ3n) is 4.53. The maximum atomic E-state index is 12.5. The molecule has 0 unspecified atom stereocenters. The summed E-state index contributed by atoms with van der Waals surface area (Å²) in [6, 6.07) is 19.2. The maximum Gasteiger partial charge on any atom is 0.257 e. The van der Waals surface area contributed by atoms with Gasteiger partial charge in [-0.1, -0.05) is 23.5 Å². The second kappa shape index (κ2) is 8.85. The first-order valence-electron chi connectivity index (χ1n) is 9.37. The van der Waals surface area contributed by atoms with Gasteiger partial charge in [-0.05, 0) is 54.6 Å². The van der Waals surface area contributed by atoms with Crippen LogP contribution < -0.4 is 20.1 Å². The smallest absolute Gasteiger partial charge is 0.257 e. The molecule has 1 heterocycles. The molecule has 0 aliphatic heterocycles. The average molecular weight is 433 g/mol. The van der Waals surface area contributed by atoms with Crippen LogP contribution in [0.2, 0.25) is 0 Å². The van der Waals surface area contributed by atoms with Gasteiger partial charge >= 0.3 is 0 Å². The molecule has 1 aromatic heterocycles. The Morgan fingerprint density at radius 3 is 2.03 bits per heavy atom. The number of hydrogen-bond acceptors (Lipinski definition) is 6. The summed E-state index contributed by atoms with van der Waals surface area (Å²) in [5, 5.41) is 6.15. The quantitative estimate of drug-likeness (QED) is 0.455. The summed E-state index contributed by atoms with van der Waals surface area (Å²) in [7, 11) is 3.11. The number of amides is 2. The number of aromatic nitrogens is 1. The molecular formula is C23H19N3O4S. The zero-order valence-corrected chi connectivity index (χ0v) is 17.7.